The molecule has 0 saturated carbocycles. The molecule has 6 heteroatoms. The van der Waals surface area contributed by atoms with E-state index in [1.165, 1.54) is 7.11 Å². The quantitative estimate of drug-likeness (QED) is 0.852. The van der Waals surface area contributed by atoms with Crippen molar-refractivity contribution in [2.24, 2.45) is 0 Å². The Labute approximate surface area is 121 Å². The molecular weight excluding hydrogens is 276 g/mol. The van der Waals surface area contributed by atoms with Crippen LogP contribution >= 0.6 is 0 Å². The molecule has 1 fully saturated rings. The minimum Gasteiger partial charge on any atom is -0.495 e. The van der Waals surface area contributed by atoms with Crippen LogP contribution in [0.1, 0.15) is 19.8 Å². The van der Waals surface area contributed by atoms with Crippen molar-refractivity contribution in [1.29, 1.82) is 0 Å². The maximum atomic E-state index is 12.6. The molecule has 1 amide bonds. The minimum absolute atomic E-state index is 0.0558. The summed E-state index contributed by atoms with van der Waals surface area (Å²) in [5.41, 5.74) is 6.23. The van der Waals surface area contributed by atoms with E-state index in [-0.39, 0.29) is 5.91 Å². The monoisotopic (exact) mass is 296 g/mol. The van der Waals surface area contributed by atoms with Gasteiger partial charge in [0.05, 0.1) is 22.8 Å². The van der Waals surface area contributed by atoms with E-state index in [0.717, 1.165) is 25.9 Å². The molecular formula is C14H20N2O3S. The molecule has 1 aliphatic heterocycles. The summed E-state index contributed by atoms with van der Waals surface area (Å²) < 4.78 is 17.8. The highest BCUT2D eigenvalue weighted by atomic mass is 32.2. The van der Waals surface area contributed by atoms with E-state index in [9.17, 15) is 9.00 Å². The van der Waals surface area contributed by atoms with Gasteiger partial charge in [0, 0.05) is 24.8 Å². The SMILES string of the molecule is COc1cc(N)ccc1S(=O)C(C)C(=O)N1CCCC1. The number of nitrogens with two attached hydrogens (primary N) is 1. The lowest BCUT2D eigenvalue weighted by Crippen LogP contribution is -2.37. The summed E-state index contributed by atoms with van der Waals surface area (Å²) in [6, 6.07) is 4.96. The van der Waals surface area contributed by atoms with E-state index in [1.807, 2.05) is 0 Å². The Balaban J connectivity index is 2.19. The molecule has 1 aromatic carbocycles. The second-order valence-corrected chi connectivity index (χ2v) is 6.62. The lowest BCUT2D eigenvalue weighted by molar-refractivity contribution is -0.129. The second kappa shape index (κ2) is 6.26. The number of carbonyl (C=O) groups is 1. The topological polar surface area (TPSA) is 72.6 Å². The summed E-state index contributed by atoms with van der Waals surface area (Å²) in [7, 11) is 0.0567. The van der Waals surface area contributed by atoms with Gasteiger partial charge in [-0.05, 0) is 31.9 Å². The van der Waals surface area contributed by atoms with Crippen molar-refractivity contribution in [2.45, 2.75) is 29.9 Å². The van der Waals surface area contributed by atoms with Gasteiger partial charge in [-0.3, -0.25) is 9.00 Å². The number of likely N-dealkylation sites (tertiary alicyclic amines) is 1. The first kappa shape index (κ1) is 14.8. The number of amides is 1. The van der Waals surface area contributed by atoms with Crippen LogP contribution in [-0.4, -0.2) is 40.5 Å². The number of rotatable bonds is 4. The fourth-order valence-electron chi connectivity index (χ4n) is 2.33. The molecule has 110 valence electrons. The van der Waals surface area contributed by atoms with Gasteiger partial charge in [0.2, 0.25) is 5.91 Å². The zero-order chi connectivity index (χ0) is 14.7. The summed E-state index contributed by atoms with van der Waals surface area (Å²) in [5.74, 6) is 0.407. The lowest BCUT2D eigenvalue weighted by atomic mass is 10.3. The summed E-state index contributed by atoms with van der Waals surface area (Å²) in [6.07, 6.45) is 2.05. The van der Waals surface area contributed by atoms with Crippen LogP contribution in [0.2, 0.25) is 0 Å². The molecule has 0 aromatic heterocycles. The van der Waals surface area contributed by atoms with Crippen LogP contribution in [-0.2, 0) is 15.6 Å². The molecule has 5 nitrogen and oxygen atoms in total. The molecule has 1 aliphatic rings. The van der Waals surface area contributed by atoms with Gasteiger partial charge in [0.15, 0.2) is 0 Å². The van der Waals surface area contributed by atoms with Crippen molar-refractivity contribution in [3.05, 3.63) is 18.2 Å². The van der Waals surface area contributed by atoms with Crippen molar-refractivity contribution in [1.82, 2.24) is 4.90 Å². The molecule has 1 heterocycles. The predicted molar refractivity (Wildman–Crippen MR) is 79.1 cm³/mol. The van der Waals surface area contributed by atoms with Crippen LogP contribution in [0, 0.1) is 0 Å². The van der Waals surface area contributed by atoms with Crippen LogP contribution in [0.25, 0.3) is 0 Å². The summed E-state index contributed by atoms with van der Waals surface area (Å²) in [6.45, 7) is 3.23. The van der Waals surface area contributed by atoms with E-state index in [1.54, 1.807) is 30.0 Å². The Kier molecular flexibility index (Phi) is 4.65. The number of nitrogens with zero attached hydrogens (tertiary/aromatic N) is 1. The minimum atomic E-state index is -1.45. The summed E-state index contributed by atoms with van der Waals surface area (Å²) in [4.78, 5) is 14.6. The van der Waals surface area contributed by atoms with E-state index >= 15 is 0 Å². The Morgan fingerprint density at radius 3 is 2.65 bits per heavy atom. The van der Waals surface area contributed by atoms with Gasteiger partial charge >= 0.3 is 0 Å². The molecule has 2 N–H and O–H groups in total. The van der Waals surface area contributed by atoms with Gasteiger partial charge in [-0.15, -0.1) is 0 Å². The third kappa shape index (κ3) is 2.95. The molecule has 2 unspecified atom stereocenters. The Morgan fingerprint density at radius 1 is 1.40 bits per heavy atom. The van der Waals surface area contributed by atoms with E-state index in [0.29, 0.717) is 16.3 Å². The van der Waals surface area contributed by atoms with Gasteiger partial charge in [0.1, 0.15) is 11.0 Å². The lowest BCUT2D eigenvalue weighted by Gasteiger charge is -2.20. The fourth-order valence-corrected chi connectivity index (χ4v) is 3.58. The molecule has 0 bridgehead atoms. The molecule has 2 atom stereocenters. The molecule has 2 rings (SSSR count). The number of carbonyl (C=O) groups excluding carboxylic acids is 1. The zero-order valence-corrected chi connectivity index (χ0v) is 12.6. The summed E-state index contributed by atoms with van der Waals surface area (Å²) >= 11 is 0. The maximum absolute atomic E-state index is 12.6. The van der Waals surface area contributed by atoms with Gasteiger partial charge < -0.3 is 15.4 Å². The molecule has 0 radical (unpaired) electrons. The van der Waals surface area contributed by atoms with Crippen molar-refractivity contribution in [3.63, 3.8) is 0 Å². The first-order valence-corrected chi connectivity index (χ1v) is 7.88. The van der Waals surface area contributed by atoms with Crippen LogP contribution in [0.4, 0.5) is 5.69 Å². The molecule has 0 aliphatic carbocycles. The normalized spacial score (nSPS) is 17.8. The highest BCUT2D eigenvalue weighted by Gasteiger charge is 2.29. The Bertz CT molecular complexity index is 527. The predicted octanol–water partition coefficient (Wildman–Crippen LogP) is 1.40. The van der Waals surface area contributed by atoms with E-state index in [4.69, 9.17) is 10.5 Å². The van der Waals surface area contributed by atoms with Gasteiger partial charge in [0.25, 0.3) is 0 Å². The first-order chi connectivity index (χ1) is 9.54. The number of nitrogen functional groups attached to an aromatic ring is 1. The average Bonchev–Trinajstić information content (AvgIpc) is 2.99. The van der Waals surface area contributed by atoms with Gasteiger partial charge in [-0.1, -0.05) is 0 Å². The van der Waals surface area contributed by atoms with Gasteiger partial charge in [-0.25, -0.2) is 0 Å². The van der Waals surface area contributed by atoms with E-state index in [2.05, 4.69) is 0 Å². The smallest absolute Gasteiger partial charge is 0.238 e. The molecule has 0 spiro atoms. The summed E-state index contributed by atoms with van der Waals surface area (Å²) in [5, 5.41) is -0.578. The average molecular weight is 296 g/mol. The number of hydrogen-bond acceptors (Lipinski definition) is 4. The Morgan fingerprint density at radius 2 is 2.05 bits per heavy atom. The number of ether oxygens (including phenoxy) is 1. The highest BCUT2D eigenvalue weighted by Crippen LogP contribution is 2.27. The molecule has 1 saturated heterocycles. The fraction of sp³-hybridized carbons (Fsp3) is 0.500. The first-order valence-electron chi connectivity index (χ1n) is 6.67. The van der Waals surface area contributed by atoms with Crippen molar-refractivity contribution >= 4 is 22.4 Å². The van der Waals surface area contributed by atoms with Gasteiger partial charge in [-0.2, -0.15) is 0 Å². The number of hydrogen-bond donors (Lipinski definition) is 1. The van der Waals surface area contributed by atoms with Crippen LogP contribution in [0.3, 0.4) is 0 Å². The molecule has 1 aromatic rings. The molecule has 20 heavy (non-hydrogen) atoms. The van der Waals surface area contributed by atoms with Crippen molar-refractivity contribution in [2.75, 3.05) is 25.9 Å². The third-order valence-electron chi connectivity index (χ3n) is 3.49. The third-order valence-corrected chi connectivity index (χ3v) is 5.11. The van der Waals surface area contributed by atoms with Crippen LogP contribution < -0.4 is 10.5 Å². The largest absolute Gasteiger partial charge is 0.495 e. The zero-order valence-electron chi connectivity index (χ0n) is 11.8. The Hall–Kier alpha value is -1.56. The second-order valence-electron chi connectivity index (χ2n) is 4.88. The standard InChI is InChI=1S/C14H20N2O3S/c1-10(14(17)16-7-3-4-8-16)20(18)13-6-5-11(15)9-12(13)19-2/h5-6,9-10H,3-4,7-8,15H2,1-2H3. The number of benzene rings is 1. The highest BCUT2D eigenvalue weighted by molar-refractivity contribution is 7.86. The van der Waals surface area contributed by atoms with Crippen molar-refractivity contribution < 1.29 is 13.7 Å². The van der Waals surface area contributed by atoms with E-state index < -0.39 is 16.0 Å². The number of methoxy groups -OCH3 is 1. The van der Waals surface area contributed by atoms with Crippen molar-refractivity contribution in [3.8, 4) is 5.75 Å². The maximum Gasteiger partial charge on any atom is 0.238 e. The van der Waals surface area contributed by atoms with Crippen LogP contribution in [0.15, 0.2) is 23.1 Å². The number of anilines is 1. The van der Waals surface area contributed by atoms with Crippen LogP contribution in [0.5, 0.6) is 5.75 Å².